The minimum atomic E-state index is -0.271. The number of hydrogen-bond acceptors (Lipinski definition) is 4. The van der Waals surface area contributed by atoms with Gasteiger partial charge in [-0.2, -0.15) is 0 Å². The molecule has 0 aliphatic heterocycles. The van der Waals surface area contributed by atoms with Gasteiger partial charge in [-0.1, -0.05) is 134 Å². The van der Waals surface area contributed by atoms with Crippen LogP contribution in [0.3, 0.4) is 0 Å². The molecule has 0 bridgehead atoms. The van der Waals surface area contributed by atoms with Crippen molar-refractivity contribution in [2.45, 2.75) is 71.6 Å². The van der Waals surface area contributed by atoms with Gasteiger partial charge in [-0.05, 0) is 86.7 Å². The normalized spacial score (nSPS) is 12.4. The van der Waals surface area contributed by atoms with E-state index in [1.54, 1.807) is 0 Å². The lowest BCUT2D eigenvalue weighted by Crippen LogP contribution is -2.18. The molecule has 0 saturated carbocycles. The zero-order chi connectivity index (χ0) is 36.1. The molecule has 0 amide bonds. The highest BCUT2D eigenvalue weighted by Crippen LogP contribution is 2.44. The fourth-order valence-corrected chi connectivity index (χ4v) is 6.83. The van der Waals surface area contributed by atoms with E-state index in [4.69, 9.17) is 14.4 Å². The smallest absolute Gasteiger partial charge is 0.231 e. The van der Waals surface area contributed by atoms with Gasteiger partial charge in [0.25, 0.3) is 0 Å². The van der Waals surface area contributed by atoms with Crippen molar-refractivity contribution in [1.29, 1.82) is 0 Å². The summed E-state index contributed by atoms with van der Waals surface area (Å²) in [5, 5.41) is 11.6. The third-order valence-corrected chi connectivity index (χ3v) is 10.1. The van der Waals surface area contributed by atoms with E-state index in [9.17, 15) is 5.11 Å². The van der Waals surface area contributed by atoms with Gasteiger partial charge < -0.3 is 9.52 Å². The summed E-state index contributed by atoms with van der Waals surface area (Å²) in [4.78, 5) is 10.0. The number of pyridine rings is 1. The van der Waals surface area contributed by atoms with Crippen LogP contribution in [0.25, 0.3) is 56.1 Å². The topological polar surface area (TPSA) is 59.2 Å². The summed E-state index contributed by atoms with van der Waals surface area (Å²) in [6, 6.07) is 42.2. The number of benzene rings is 5. The quantitative estimate of drug-likeness (QED) is 0.191. The number of nitrogens with zero attached hydrogens (tertiary/aromatic N) is 2. The summed E-state index contributed by atoms with van der Waals surface area (Å²) in [6.07, 6.45) is 1.92. The third-order valence-electron chi connectivity index (χ3n) is 10.1. The standard InChI is InChI=1S/C47H46N2O2/c1-45(2,3)36-27-38(43(50)39(28-36)46(4,5)6)44-49-42-37(20-15-21-41(42)51-44)32-24-31(30-16-11-9-12-17-30)25-33(26-32)40-29-35(22-23-48-40)47(7,8)34-18-13-10-14-19-34/h9-29,50H,1-8H3. The SMILES string of the molecule is CC(C)(C)c1cc(-c2nc3c(-c4cc(-c5ccccc5)cc(-c5cc(C(C)(C)c6ccccc6)ccn5)c4)cccc3o2)c(O)c(C(C)(C)C)c1. The number of phenols is 1. The van der Waals surface area contributed by atoms with Crippen molar-refractivity contribution in [2.75, 3.05) is 0 Å². The summed E-state index contributed by atoms with van der Waals surface area (Å²) >= 11 is 0. The summed E-state index contributed by atoms with van der Waals surface area (Å²) < 4.78 is 6.47. The number of para-hydroxylation sites is 1. The average molecular weight is 671 g/mol. The maximum atomic E-state index is 11.6. The van der Waals surface area contributed by atoms with Gasteiger partial charge in [-0.15, -0.1) is 0 Å². The Hall–Kier alpha value is -5.48. The molecule has 7 rings (SSSR count). The van der Waals surface area contributed by atoms with Crippen molar-refractivity contribution in [3.05, 3.63) is 150 Å². The first-order valence-corrected chi connectivity index (χ1v) is 17.7. The Kier molecular flexibility index (Phi) is 8.46. The van der Waals surface area contributed by atoms with Gasteiger partial charge in [0.1, 0.15) is 11.3 Å². The Morgan fingerprint density at radius 2 is 1.20 bits per heavy atom. The summed E-state index contributed by atoms with van der Waals surface area (Å²) in [7, 11) is 0. The van der Waals surface area contributed by atoms with Crippen molar-refractivity contribution in [3.63, 3.8) is 0 Å². The Balaban J connectivity index is 1.40. The second-order valence-corrected chi connectivity index (χ2v) is 16.2. The van der Waals surface area contributed by atoms with E-state index in [0.717, 1.165) is 50.2 Å². The van der Waals surface area contributed by atoms with Crippen LogP contribution >= 0.6 is 0 Å². The number of fused-ring (bicyclic) bond motifs is 1. The lowest BCUT2D eigenvalue weighted by Gasteiger charge is -2.27. The second-order valence-electron chi connectivity index (χ2n) is 16.2. The zero-order valence-corrected chi connectivity index (χ0v) is 30.9. The monoisotopic (exact) mass is 670 g/mol. The summed E-state index contributed by atoms with van der Waals surface area (Å²) in [5.74, 6) is 0.616. The molecule has 5 aromatic carbocycles. The fraction of sp³-hybridized carbons (Fsp3) is 0.234. The van der Waals surface area contributed by atoms with Gasteiger partial charge >= 0.3 is 0 Å². The molecule has 4 nitrogen and oxygen atoms in total. The van der Waals surface area contributed by atoms with Gasteiger partial charge in [-0.3, -0.25) is 4.98 Å². The Morgan fingerprint density at radius 1 is 0.529 bits per heavy atom. The van der Waals surface area contributed by atoms with E-state index < -0.39 is 0 Å². The first kappa shape index (κ1) is 34.0. The van der Waals surface area contributed by atoms with Crippen molar-refractivity contribution < 1.29 is 9.52 Å². The van der Waals surface area contributed by atoms with Crippen molar-refractivity contribution >= 4 is 11.1 Å². The van der Waals surface area contributed by atoms with Crippen LogP contribution in [0, 0.1) is 0 Å². The molecule has 0 unspecified atom stereocenters. The molecular weight excluding hydrogens is 625 g/mol. The van der Waals surface area contributed by atoms with Gasteiger partial charge in [0.15, 0.2) is 5.58 Å². The molecule has 0 spiro atoms. The number of oxazole rings is 1. The third kappa shape index (κ3) is 6.59. The number of hydrogen-bond donors (Lipinski definition) is 1. The maximum Gasteiger partial charge on any atom is 0.231 e. The highest BCUT2D eigenvalue weighted by Gasteiger charge is 2.28. The molecule has 51 heavy (non-hydrogen) atoms. The van der Waals surface area contributed by atoms with Crippen LogP contribution in [0.15, 0.2) is 132 Å². The largest absolute Gasteiger partial charge is 0.507 e. The van der Waals surface area contributed by atoms with Gasteiger partial charge in [0.05, 0.1) is 11.3 Å². The number of aromatic hydroxyl groups is 1. The van der Waals surface area contributed by atoms with Crippen LogP contribution in [0.5, 0.6) is 5.75 Å². The van der Waals surface area contributed by atoms with Crippen molar-refractivity contribution in [2.24, 2.45) is 0 Å². The van der Waals surface area contributed by atoms with E-state index in [0.29, 0.717) is 17.0 Å². The Bertz CT molecular complexity index is 2360. The average Bonchev–Trinajstić information content (AvgIpc) is 3.56. The first-order chi connectivity index (χ1) is 24.2. The minimum Gasteiger partial charge on any atom is -0.507 e. The summed E-state index contributed by atoms with van der Waals surface area (Å²) in [6.45, 7) is 17.4. The van der Waals surface area contributed by atoms with E-state index in [1.807, 2.05) is 30.5 Å². The molecule has 2 heterocycles. The van der Waals surface area contributed by atoms with E-state index in [-0.39, 0.29) is 22.0 Å². The molecule has 256 valence electrons. The van der Waals surface area contributed by atoms with Crippen LogP contribution in [0.4, 0.5) is 0 Å². The molecule has 0 fully saturated rings. The molecule has 7 aromatic rings. The molecule has 1 N–H and O–H groups in total. The molecule has 0 saturated heterocycles. The highest BCUT2D eigenvalue weighted by atomic mass is 16.3. The number of phenolic OH excluding ortho intramolecular Hbond substituents is 1. The van der Waals surface area contributed by atoms with Gasteiger partial charge in [0.2, 0.25) is 5.89 Å². The molecule has 4 heteroatoms. The zero-order valence-electron chi connectivity index (χ0n) is 30.9. The Morgan fingerprint density at radius 3 is 1.88 bits per heavy atom. The van der Waals surface area contributed by atoms with E-state index >= 15 is 0 Å². The lowest BCUT2D eigenvalue weighted by atomic mass is 9.78. The summed E-state index contributed by atoms with van der Waals surface area (Å²) in [5.41, 5.74) is 11.9. The highest BCUT2D eigenvalue weighted by molar-refractivity contribution is 5.94. The second kappa shape index (κ2) is 12.7. The van der Waals surface area contributed by atoms with E-state index in [2.05, 4.69) is 152 Å². The van der Waals surface area contributed by atoms with Crippen LogP contribution in [-0.4, -0.2) is 15.1 Å². The molecule has 2 aromatic heterocycles. The lowest BCUT2D eigenvalue weighted by molar-refractivity contribution is 0.444. The van der Waals surface area contributed by atoms with Crippen molar-refractivity contribution in [1.82, 2.24) is 9.97 Å². The van der Waals surface area contributed by atoms with Crippen LogP contribution in [0.2, 0.25) is 0 Å². The Labute approximate surface area is 301 Å². The van der Waals surface area contributed by atoms with Gasteiger partial charge in [0, 0.05) is 28.3 Å². The molecule has 0 aliphatic carbocycles. The van der Waals surface area contributed by atoms with Gasteiger partial charge in [-0.25, -0.2) is 4.98 Å². The predicted octanol–water partition coefficient (Wildman–Crippen LogP) is 12.5. The molecule has 0 atom stereocenters. The minimum absolute atomic E-state index is 0.129. The number of aromatic nitrogens is 2. The molecular formula is C47H46N2O2. The fourth-order valence-electron chi connectivity index (χ4n) is 6.83. The van der Waals surface area contributed by atoms with Crippen LogP contribution in [-0.2, 0) is 16.2 Å². The first-order valence-electron chi connectivity index (χ1n) is 17.7. The maximum absolute atomic E-state index is 11.6. The molecule has 0 radical (unpaired) electrons. The predicted molar refractivity (Wildman–Crippen MR) is 211 cm³/mol. The van der Waals surface area contributed by atoms with Crippen molar-refractivity contribution in [3.8, 4) is 50.7 Å². The van der Waals surface area contributed by atoms with Crippen LogP contribution < -0.4 is 0 Å². The molecule has 0 aliphatic rings. The van der Waals surface area contributed by atoms with Crippen LogP contribution in [0.1, 0.15) is 77.6 Å². The van der Waals surface area contributed by atoms with E-state index in [1.165, 1.54) is 11.1 Å². The number of rotatable bonds is 6.